The van der Waals surface area contributed by atoms with Crippen LogP contribution in [0.1, 0.15) is 25.8 Å². The summed E-state index contributed by atoms with van der Waals surface area (Å²) in [6, 6.07) is 4.18. The standard InChI is InChI=1S/C15H19BrFNO3/c1-10(2)9-18(6-5-15(20)21)14(19)8-11-7-12(17)3-4-13(11)16/h3-4,7,10H,5-6,8-9H2,1-2H3,(H,20,21). The maximum Gasteiger partial charge on any atom is 0.305 e. The van der Waals surface area contributed by atoms with Crippen molar-refractivity contribution in [3.63, 3.8) is 0 Å². The number of benzene rings is 1. The van der Waals surface area contributed by atoms with Gasteiger partial charge in [0.05, 0.1) is 12.8 Å². The third-order valence-corrected chi connectivity index (χ3v) is 3.66. The SMILES string of the molecule is CC(C)CN(CCC(=O)O)C(=O)Cc1cc(F)ccc1Br. The van der Waals surface area contributed by atoms with Crippen LogP contribution in [0.15, 0.2) is 22.7 Å². The first-order chi connectivity index (χ1) is 9.79. The molecule has 21 heavy (non-hydrogen) atoms. The molecule has 0 bridgehead atoms. The van der Waals surface area contributed by atoms with E-state index in [9.17, 15) is 14.0 Å². The molecule has 4 nitrogen and oxygen atoms in total. The maximum absolute atomic E-state index is 13.2. The van der Waals surface area contributed by atoms with Crippen LogP contribution in [0, 0.1) is 11.7 Å². The highest BCUT2D eigenvalue weighted by molar-refractivity contribution is 9.10. The van der Waals surface area contributed by atoms with Crippen molar-refractivity contribution >= 4 is 27.8 Å². The molecule has 0 atom stereocenters. The Morgan fingerprint density at radius 2 is 2.05 bits per heavy atom. The zero-order valence-electron chi connectivity index (χ0n) is 12.1. The largest absolute Gasteiger partial charge is 0.481 e. The van der Waals surface area contributed by atoms with Gasteiger partial charge in [-0.3, -0.25) is 9.59 Å². The smallest absolute Gasteiger partial charge is 0.305 e. The normalized spacial score (nSPS) is 10.7. The summed E-state index contributed by atoms with van der Waals surface area (Å²) in [6.45, 7) is 4.57. The molecule has 116 valence electrons. The maximum atomic E-state index is 13.2. The molecule has 1 aromatic rings. The van der Waals surface area contributed by atoms with E-state index in [0.29, 0.717) is 16.6 Å². The molecule has 0 aliphatic carbocycles. The van der Waals surface area contributed by atoms with Gasteiger partial charge in [-0.05, 0) is 29.7 Å². The van der Waals surface area contributed by atoms with E-state index < -0.39 is 11.8 Å². The fraction of sp³-hybridized carbons (Fsp3) is 0.467. The van der Waals surface area contributed by atoms with Gasteiger partial charge in [-0.2, -0.15) is 0 Å². The molecule has 0 aliphatic rings. The van der Waals surface area contributed by atoms with Crippen LogP contribution in [0.5, 0.6) is 0 Å². The summed E-state index contributed by atoms with van der Waals surface area (Å²) in [6.07, 6.45) is -0.0482. The van der Waals surface area contributed by atoms with Crippen molar-refractivity contribution in [1.29, 1.82) is 0 Å². The van der Waals surface area contributed by atoms with Crippen LogP contribution in [0.3, 0.4) is 0 Å². The van der Waals surface area contributed by atoms with Crippen molar-refractivity contribution in [1.82, 2.24) is 4.90 Å². The Morgan fingerprint density at radius 3 is 2.62 bits per heavy atom. The van der Waals surface area contributed by atoms with Crippen LogP contribution < -0.4 is 0 Å². The molecule has 0 saturated heterocycles. The van der Waals surface area contributed by atoms with Gasteiger partial charge in [-0.1, -0.05) is 29.8 Å². The van der Waals surface area contributed by atoms with Gasteiger partial charge in [0, 0.05) is 17.6 Å². The van der Waals surface area contributed by atoms with Crippen molar-refractivity contribution in [2.24, 2.45) is 5.92 Å². The van der Waals surface area contributed by atoms with E-state index in [0.717, 1.165) is 0 Å². The van der Waals surface area contributed by atoms with E-state index in [2.05, 4.69) is 15.9 Å². The molecule has 0 heterocycles. The highest BCUT2D eigenvalue weighted by atomic mass is 79.9. The number of nitrogens with zero attached hydrogens (tertiary/aromatic N) is 1. The molecular formula is C15H19BrFNO3. The third-order valence-electron chi connectivity index (χ3n) is 2.88. The van der Waals surface area contributed by atoms with Gasteiger partial charge in [-0.25, -0.2) is 4.39 Å². The lowest BCUT2D eigenvalue weighted by Gasteiger charge is -2.24. The molecule has 0 fully saturated rings. The van der Waals surface area contributed by atoms with Gasteiger partial charge >= 0.3 is 5.97 Å². The van der Waals surface area contributed by atoms with Crippen LogP contribution in [0.25, 0.3) is 0 Å². The van der Waals surface area contributed by atoms with Crippen LogP contribution in [0.2, 0.25) is 0 Å². The molecule has 0 spiro atoms. The third kappa shape index (κ3) is 6.25. The lowest BCUT2D eigenvalue weighted by Crippen LogP contribution is -2.37. The predicted molar refractivity (Wildman–Crippen MR) is 81.5 cm³/mol. The van der Waals surface area contributed by atoms with Crippen molar-refractivity contribution in [2.75, 3.05) is 13.1 Å². The minimum absolute atomic E-state index is 0.0463. The molecule has 0 aliphatic heterocycles. The Balaban J connectivity index is 2.79. The number of hydrogen-bond donors (Lipinski definition) is 1. The second kappa shape index (κ2) is 8.12. The van der Waals surface area contributed by atoms with Gasteiger partial charge in [0.25, 0.3) is 0 Å². The van der Waals surface area contributed by atoms with Gasteiger partial charge in [0.2, 0.25) is 5.91 Å². The number of hydrogen-bond acceptors (Lipinski definition) is 2. The summed E-state index contributed by atoms with van der Waals surface area (Å²) in [5.41, 5.74) is 0.559. The number of aliphatic carboxylic acids is 1. The van der Waals surface area contributed by atoms with E-state index >= 15 is 0 Å². The molecule has 1 rings (SSSR count). The number of rotatable bonds is 7. The fourth-order valence-corrected chi connectivity index (χ4v) is 2.33. The molecule has 0 radical (unpaired) electrons. The van der Waals surface area contributed by atoms with Crippen LogP contribution >= 0.6 is 15.9 Å². The minimum Gasteiger partial charge on any atom is -0.481 e. The number of carbonyl (C=O) groups is 2. The molecule has 1 N–H and O–H groups in total. The lowest BCUT2D eigenvalue weighted by molar-refractivity contribution is -0.138. The molecule has 0 aromatic heterocycles. The quantitative estimate of drug-likeness (QED) is 0.813. The monoisotopic (exact) mass is 359 g/mol. The zero-order chi connectivity index (χ0) is 16.0. The van der Waals surface area contributed by atoms with Gasteiger partial charge < -0.3 is 10.0 Å². The van der Waals surface area contributed by atoms with Crippen LogP contribution in [-0.4, -0.2) is 35.0 Å². The Bertz CT molecular complexity index is 520. The number of halogens is 2. The number of carboxylic acids is 1. The van der Waals surface area contributed by atoms with Gasteiger partial charge in [0.1, 0.15) is 5.82 Å². The van der Waals surface area contributed by atoms with Crippen molar-refractivity contribution in [3.05, 3.63) is 34.1 Å². The molecule has 1 amide bonds. The Labute approximate surface area is 132 Å². The van der Waals surface area contributed by atoms with Crippen LogP contribution in [-0.2, 0) is 16.0 Å². The summed E-state index contributed by atoms with van der Waals surface area (Å²) in [7, 11) is 0. The average Bonchev–Trinajstić information content (AvgIpc) is 2.38. The average molecular weight is 360 g/mol. The first kappa shape index (κ1) is 17.6. The Hall–Kier alpha value is -1.43. The van der Waals surface area contributed by atoms with Gasteiger partial charge in [0.15, 0.2) is 0 Å². The van der Waals surface area contributed by atoms with E-state index in [-0.39, 0.29) is 31.2 Å². The summed E-state index contributed by atoms with van der Waals surface area (Å²) < 4.78 is 13.9. The van der Waals surface area contributed by atoms with E-state index in [1.54, 1.807) is 6.07 Å². The van der Waals surface area contributed by atoms with E-state index in [4.69, 9.17) is 5.11 Å². The second-order valence-corrected chi connectivity index (χ2v) is 6.14. The lowest BCUT2D eigenvalue weighted by atomic mass is 10.1. The second-order valence-electron chi connectivity index (χ2n) is 5.29. The molecule has 0 saturated carbocycles. The zero-order valence-corrected chi connectivity index (χ0v) is 13.7. The number of carbonyl (C=O) groups excluding carboxylic acids is 1. The van der Waals surface area contributed by atoms with Crippen LogP contribution in [0.4, 0.5) is 4.39 Å². The summed E-state index contributed by atoms with van der Waals surface area (Å²) in [5, 5.41) is 8.75. The highest BCUT2D eigenvalue weighted by Gasteiger charge is 2.17. The number of amides is 1. The Morgan fingerprint density at radius 1 is 1.38 bits per heavy atom. The Kier molecular flexibility index (Phi) is 6.81. The molecule has 0 unspecified atom stereocenters. The predicted octanol–water partition coefficient (Wildman–Crippen LogP) is 3.09. The summed E-state index contributed by atoms with van der Waals surface area (Å²) in [5.74, 6) is -1.31. The van der Waals surface area contributed by atoms with E-state index in [1.807, 2.05) is 13.8 Å². The first-order valence-corrected chi connectivity index (χ1v) is 7.52. The summed E-state index contributed by atoms with van der Waals surface area (Å²) >= 11 is 3.29. The molecule has 6 heteroatoms. The molecular weight excluding hydrogens is 341 g/mol. The topological polar surface area (TPSA) is 57.6 Å². The van der Waals surface area contributed by atoms with Crippen molar-refractivity contribution < 1.29 is 19.1 Å². The summed E-state index contributed by atoms with van der Waals surface area (Å²) in [4.78, 5) is 24.5. The minimum atomic E-state index is -0.941. The number of carboxylic acid groups (broad SMARTS) is 1. The first-order valence-electron chi connectivity index (χ1n) is 6.73. The highest BCUT2D eigenvalue weighted by Crippen LogP contribution is 2.19. The molecule has 1 aromatic carbocycles. The van der Waals surface area contributed by atoms with Gasteiger partial charge in [-0.15, -0.1) is 0 Å². The fourth-order valence-electron chi connectivity index (χ4n) is 1.94. The van der Waals surface area contributed by atoms with Crippen molar-refractivity contribution in [2.45, 2.75) is 26.7 Å². The van der Waals surface area contributed by atoms with E-state index in [1.165, 1.54) is 17.0 Å². The van der Waals surface area contributed by atoms with Crippen molar-refractivity contribution in [3.8, 4) is 0 Å².